The van der Waals surface area contributed by atoms with Crippen LogP contribution < -0.4 is 0 Å². The summed E-state index contributed by atoms with van der Waals surface area (Å²) in [7, 11) is -2.53. The summed E-state index contributed by atoms with van der Waals surface area (Å²) in [6, 6.07) is 21.8. The summed E-state index contributed by atoms with van der Waals surface area (Å²) in [5.41, 5.74) is 2.52. The van der Waals surface area contributed by atoms with Crippen LogP contribution in [0.15, 0.2) is 60.7 Å². The van der Waals surface area contributed by atoms with Gasteiger partial charge in [-0.1, -0.05) is 73.5 Å². The Kier molecular flexibility index (Phi) is 4.82. The minimum absolute atomic E-state index is 0.425. The van der Waals surface area contributed by atoms with Gasteiger partial charge in [0.1, 0.15) is 0 Å². The highest BCUT2D eigenvalue weighted by Gasteiger charge is 2.52. The number of rotatable bonds is 4. The number of fused-ring (bicyclic) bond motifs is 1. The molecule has 1 aliphatic carbocycles. The molecule has 0 spiro atoms. The lowest BCUT2D eigenvalue weighted by Crippen LogP contribution is -2.39. The minimum atomic E-state index is -2.53. The number of hydrogen-bond acceptors (Lipinski definition) is 1. The molecule has 1 heterocycles. The number of hydrogen-bond donors (Lipinski definition) is 0. The largest absolute Gasteiger partial charge is 0.289 e. The first-order chi connectivity index (χ1) is 12.2. The standard InChI is InChI=1S/C21H27N2OP/c1-25(24)22(16-18-10-4-2-5-11-18)20-14-8-9-15-21(20)23(25)17-19-12-6-3-7-13-19/h2-7,10-13,20-21H,8-9,14-17H2,1H3/t20-,21-/m1/s1. The van der Waals surface area contributed by atoms with Crippen LogP contribution in [0.1, 0.15) is 36.8 Å². The number of benzene rings is 2. The third-order valence-corrected chi connectivity index (χ3v) is 8.57. The highest BCUT2D eigenvalue weighted by molar-refractivity contribution is 7.58. The zero-order valence-electron chi connectivity index (χ0n) is 14.9. The minimum Gasteiger partial charge on any atom is -0.289 e. The van der Waals surface area contributed by atoms with Crippen LogP contribution in [0, 0.1) is 0 Å². The maximum absolute atomic E-state index is 13.9. The first-order valence-electron chi connectivity index (χ1n) is 9.36. The van der Waals surface area contributed by atoms with Crippen molar-refractivity contribution >= 4 is 7.44 Å². The molecule has 0 N–H and O–H groups in total. The van der Waals surface area contributed by atoms with E-state index in [1.165, 1.54) is 36.8 Å². The fraction of sp³-hybridized carbons (Fsp3) is 0.429. The first kappa shape index (κ1) is 17.0. The Labute approximate surface area is 151 Å². The maximum Gasteiger partial charge on any atom is 0.214 e. The van der Waals surface area contributed by atoms with Crippen LogP contribution in [-0.2, 0) is 17.7 Å². The molecule has 1 saturated heterocycles. The molecular formula is C21H27N2OP. The Morgan fingerprint density at radius 1 is 0.800 bits per heavy atom. The summed E-state index contributed by atoms with van der Waals surface area (Å²) < 4.78 is 18.6. The van der Waals surface area contributed by atoms with E-state index in [4.69, 9.17) is 0 Å². The van der Waals surface area contributed by atoms with Gasteiger partial charge in [-0.3, -0.25) is 4.57 Å². The Hall–Kier alpha value is -1.41. The van der Waals surface area contributed by atoms with Crippen molar-refractivity contribution < 1.29 is 4.57 Å². The van der Waals surface area contributed by atoms with Gasteiger partial charge in [-0.2, -0.15) is 0 Å². The quantitative estimate of drug-likeness (QED) is 0.711. The molecule has 0 aromatic heterocycles. The van der Waals surface area contributed by atoms with Crippen molar-refractivity contribution in [3.63, 3.8) is 0 Å². The van der Waals surface area contributed by atoms with E-state index in [0.29, 0.717) is 12.1 Å². The second-order valence-corrected chi connectivity index (χ2v) is 10.1. The molecule has 4 heteroatoms. The van der Waals surface area contributed by atoms with Crippen LogP contribution in [0.5, 0.6) is 0 Å². The Morgan fingerprint density at radius 2 is 1.20 bits per heavy atom. The van der Waals surface area contributed by atoms with Gasteiger partial charge >= 0.3 is 0 Å². The summed E-state index contributed by atoms with van der Waals surface area (Å²) in [4.78, 5) is 0. The molecule has 1 saturated carbocycles. The third-order valence-electron chi connectivity index (χ3n) is 5.79. The van der Waals surface area contributed by atoms with Crippen molar-refractivity contribution in [2.75, 3.05) is 6.66 Å². The van der Waals surface area contributed by atoms with Crippen molar-refractivity contribution in [1.29, 1.82) is 0 Å². The average Bonchev–Trinajstić information content (AvgIpc) is 2.85. The molecule has 2 atom stereocenters. The number of nitrogens with zero attached hydrogens (tertiary/aromatic N) is 2. The Bertz CT molecular complexity index is 688. The van der Waals surface area contributed by atoms with Crippen LogP contribution in [-0.4, -0.2) is 28.1 Å². The van der Waals surface area contributed by atoms with Gasteiger partial charge in [0.2, 0.25) is 7.44 Å². The van der Waals surface area contributed by atoms with E-state index in [9.17, 15) is 4.57 Å². The lowest BCUT2D eigenvalue weighted by Gasteiger charge is -2.31. The summed E-state index contributed by atoms with van der Waals surface area (Å²) in [6.45, 7) is 3.57. The molecule has 2 aromatic rings. The lowest BCUT2D eigenvalue weighted by molar-refractivity contribution is 0.197. The van der Waals surface area contributed by atoms with Gasteiger partial charge in [0.15, 0.2) is 0 Å². The molecule has 132 valence electrons. The average molecular weight is 354 g/mol. The van der Waals surface area contributed by atoms with Gasteiger partial charge in [0.05, 0.1) is 0 Å². The van der Waals surface area contributed by atoms with E-state index in [0.717, 1.165) is 13.1 Å². The molecule has 0 unspecified atom stereocenters. The van der Waals surface area contributed by atoms with Gasteiger partial charge in [-0.05, 0) is 24.0 Å². The molecule has 2 aliphatic rings. The molecule has 0 amide bonds. The first-order valence-corrected chi connectivity index (χ1v) is 11.4. The van der Waals surface area contributed by atoms with Gasteiger partial charge in [-0.25, -0.2) is 9.34 Å². The van der Waals surface area contributed by atoms with E-state index in [1.54, 1.807) is 0 Å². The zero-order chi connectivity index (χ0) is 17.3. The van der Waals surface area contributed by atoms with Crippen molar-refractivity contribution in [1.82, 2.24) is 9.34 Å². The van der Waals surface area contributed by atoms with E-state index >= 15 is 0 Å². The smallest absolute Gasteiger partial charge is 0.214 e. The summed E-state index contributed by atoms with van der Waals surface area (Å²) >= 11 is 0. The van der Waals surface area contributed by atoms with Crippen LogP contribution in [0.3, 0.4) is 0 Å². The predicted octanol–water partition coefficient (Wildman–Crippen LogP) is 5.14. The maximum atomic E-state index is 13.9. The fourth-order valence-corrected chi connectivity index (χ4v) is 7.31. The monoisotopic (exact) mass is 354 g/mol. The van der Waals surface area contributed by atoms with E-state index in [1.807, 2.05) is 18.8 Å². The van der Waals surface area contributed by atoms with Crippen LogP contribution in [0.2, 0.25) is 0 Å². The molecule has 3 nitrogen and oxygen atoms in total. The molecule has 2 aromatic carbocycles. The summed E-state index contributed by atoms with van der Waals surface area (Å²) in [6.07, 6.45) is 4.85. The van der Waals surface area contributed by atoms with Crippen LogP contribution in [0.25, 0.3) is 0 Å². The Balaban J connectivity index is 1.64. The highest BCUT2D eigenvalue weighted by Crippen LogP contribution is 2.62. The van der Waals surface area contributed by atoms with Crippen LogP contribution >= 0.6 is 7.44 Å². The SMILES string of the molecule is CP1(=O)N(Cc2ccccc2)[C@@H]2CCCC[C@H]2N1Cc1ccccc1. The van der Waals surface area contributed by atoms with Crippen LogP contribution in [0.4, 0.5) is 0 Å². The van der Waals surface area contributed by atoms with E-state index in [2.05, 4.69) is 57.9 Å². The highest BCUT2D eigenvalue weighted by atomic mass is 31.2. The predicted molar refractivity (Wildman–Crippen MR) is 104 cm³/mol. The van der Waals surface area contributed by atoms with E-state index < -0.39 is 7.44 Å². The molecule has 0 radical (unpaired) electrons. The molecule has 0 bridgehead atoms. The second-order valence-electron chi connectivity index (χ2n) is 7.42. The molecular weight excluding hydrogens is 327 g/mol. The fourth-order valence-electron chi connectivity index (χ4n) is 4.52. The second kappa shape index (κ2) is 7.07. The van der Waals surface area contributed by atoms with Gasteiger partial charge in [0, 0.05) is 31.8 Å². The lowest BCUT2D eigenvalue weighted by atomic mass is 9.90. The molecule has 1 aliphatic heterocycles. The normalized spacial score (nSPS) is 26.4. The van der Waals surface area contributed by atoms with Gasteiger partial charge < -0.3 is 0 Å². The van der Waals surface area contributed by atoms with Crippen molar-refractivity contribution in [3.05, 3.63) is 71.8 Å². The summed E-state index contributed by atoms with van der Waals surface area (Å²) in [5, 5.41) is 0. The summed E-state index contributed by atoms with van der Waals surface area (Å²) in [5.74, 6) is 0. The van der Waals surface area contributed by atoms with E-state index in [-0.39, 0.29) is 0 Å². The third kappa shape index (κ3) is 3.33. The van der Waals surface area contributed by atoms with Crippen molar-refractivity contribution in [2.24, 2.45) is 0 Å². The van der Waals surface area contributed by atoms with Gasteiger partial charge in [-0.15, -0.1) is 0 Å². The Morgan fingerprint density at radius 3 is 1.60 bits per heavy atom. The van der Waals surface area contributed by atoms with Crippen molar-refractivity contribution in [3.8, 4) is 0 Å². The van der Waals surface area contributed by atoms with Gasteiger partial charge in [0.25, 0.3) is 0 Å². The van der Waals surface area contributed by atoms with Crippen molar-refractivity contribution in [2.45, 2.75) is 50.9 Å². The molecule has 4 rings (SSSR count). The zero-order valence-corrected chi connectivity index (χ0v) is 15.8. The topological polar surface area (TPSA) is 23.6 Å². The molecule has 25 heavy (non-hydrogen) atoms. The molecule has 2 fully saturated rings.